The molecule has 0 radical (unpaired) electrons. The molecule has 5 heteroatoms. The molecule has 0 bridgehead atoms. The zero-order chi connectivity index (χ0) is 11.3. The number of hydrogen-bond donors (Lipinski definition) is 1. The van der Waals surface area contributed by atoms with Crippen LogP contribution in [0.2, 0.25) is 0 Å². The molecule has 84 valence electrons. The molecule has 0 saturated heterocycles. The van der Waals surface area contributed by atoms with Crippen LogP contribution in [0.4, 0.5) is 5.95 Å². The Morgan fingerprint density at radius 2 is 2.27 bits per heavy atom. The van der Waals surface area contributed by atoms with E-state index in [0.29, 0.717) is 19.1 Å². The fourth-order valence-electron chi connectivity index (χ4n) is 1.07. The number of nitrogens with zero attached hydrogens (tertiary/aromatic N) is 2. The van der Waals surface area contributed by atoms with E-state index < -0.39 is 0 Å². The second-order valence-corrected chi connectivity index (χ2v) is 3.30. The van der Waals surface area contributed by atoms with Crippen LogP contribution in [-0.2, 0) is 4.74 Å². The van der Waals surface area contributed by atoms with Gasteiger partial charge in [0.25, 0.3) is 0 Å². The van der Waals surface area contributed by atoms with E-state index in [-0.39, 0.29) is 12.1 Å². The zero-order valence-corrected chi connectivity index (χ0v) is 9.36. The normalized spacial score (nSPS) is 12.5. The van der Waals surface area contributed by atoms with Gasteiger partial charge in [-0.25, -0.2) is 4.98 Å². The van der Waals surface area contributed by atoms with Gasteiger partial charge in [0.2, 0.25) is 11.8 Å². The maximum Gasteiger partial charge on any atom is 0.223 e. The minimum absolute atomic E-state index is 0.0436. The van der Waals surface area contributed by atoms with Gasteiger partial charge in [0, 0.05) is 18.4 Å². The quantitative estimate of drug-likeness (QED) is 0.791. The molecule has 0 aliphatic rings. The van der Waals surface area contributed by atoms with Crippen molar-refractivity contribution in [3.63, 3.8) is 0 Å². The molecule has 1 aromatic heterocycles. The third kappa shape index (κ3) is 3.71. The number of nitrogen functional groups attached to an aromatic ring is 1. The molecule has 1 unspecified atom stereocenters. The van der Waals surface area contributed by atoms with Gasteiger partial charge in [-0.15, -0.1) is 0 Å². The van der Waals surface area contributed by atoms with Crippen molar-refractivity contribution in [2.24, 2.45) is 0 Å². The van der Waals surface area contributed by atoms with E-state index in [1.54, 1.807) is 6.20 Å². The molecule has 0 aromatic carbocycles. The van der Waals surface area contributed by atoms with Gasteiger partial charge in [-0.1, -0.05) is 0 Å². The predicted molar refractivity (Wildman–Crippen MR) is 57.8 cm³/mol. The van der Waals surface area contributed by atoms with E-state index in [1.165, 1.54) is 0 Å². The molecule has 0 fully saturated rings. The Balaban J connectivity index is 2.59. The van der Waals surface area contributed by atoms with Crippen molar-refractivity contribution < 1.29 is 9.47 Å². The summed E-state index contributed by atoms with van der Waals surface area (Å²) in [5.74, 6) is 0.744. The summed E-state index contributed by atoms with van der Waals surface area (Å²) in [5, 5.41) is 0. The van der Waals surface area contributed by atoms with Crippen LogP contribution in [0.15, 0.2) is 6.20 Å². The molecule has 2 N–H and O–H groups in total. The van der Waals surface area contributed by atoms with E-state index in [4.69, 9.17) is 15.2 Å². The summed E-state index contributed by atoms with van der Waals surface area (Å²) in [6.45, 7) is 6.97. The van der Waals surface area contributed by atoms with E-state index in [2.05, 4.69) is 9.97 Å². The van der Waals surface area contributed by atoms with Gasteiger partial charge in [0.15, 0.2) is 0 Å². The molecule has 0 aliphatic heterocycles. The molecular formula is C10H17N3O2. The third-order valence-electron chi connectivity index (χ3n) is 1.81. The summed E-state index contributed by atoms with van der Waals surface area (Å²) in [6, 6.07) is 0. The molecule has 1 rings (SSSR count). The molecule has 1 atom stereocenters. The number of hydrogen-bond acceptors (Lipinski definition) is 5. The topological polar surface area (TPSA) is 70.3 Å². The Morgan fingerprint density at radius 3 is 2.93 bits per heavy atom. The zero-order valence-electron chi connectivity index (χ0n) is 9.36. The highest BCUT2D eigenvalue weighted by Crippen LogP contribution is 2.15. The Morgan fingerprint density at radius 1 is 1.53 bits per heavy atom. The van der Waals surface area contributed by atoms with Gasteiger partial charge < -0.3 is 15.2 Å². The fourth-order valence-corrected chi connectivity index (χ4v) is 1.07. The van der Waals surface area contributed by atoms with Crippen molar-refractivity contribution in [2.45, 2.75) is 26.9 Å². The molecule has 0 aliphatic carbocycles. The number of anilines is 1. The number of rotatable bonds is 5. The lowest BCUT2D eigenvalue weighted by Crippen LogP contribution is -2.20. The van der Waals surface area contributed by atoms with Crippen LogP contribution < -0.4 is 10.5 Å². The number of ether oxygens (including phenoxy) is 2. The van der Waals surface area contributed by atoms with Crippen LogP contribution in [0.25, 0.3) is 0 Å². The number of aryl methyl sites for hydroxylation is 1. The first-order valence-electron chi connectivity index (χ1n) is 4.97. The average molecular weight is 211 g/mol. The van der Waals surface area contributed by atoms with Gasteiger partial charge in [-0.05, 0) is 20.8 Å². The van der Waals surface area contributed by atoms with Crippen LogP contribution in [0.3, 0.4) is 0 Å². The SMILES string of the molecule is CCOCC(C)Oc1nc(N)ncc1C. The van der Waals surface area contributed by atoms with Crippen molar-refractivity contribution in [3.05, 3.63) is 11.8 Å². The molecule has 0 amide bonds. The van der Waals surface area contributed by atoms with Crippen LogP contribution in [0.5, 0.6) is 5.88 Å². The van der Waals surface area contributed by atoms with Crippen molar-refractivity contribution in [1.82, 2.24) is 9.97 Å². The highest BCUT2D eigenvalue weighted by molar-refractivity contribution is 5.28. The maximum absolute atomic E-state index is 5.57. The van der Waals surface area contributed by atoms with E-state index >= 15 is 0 Å². The lowest BCUT2D eigenvalue weighted by atomic mass is 10.3. The summed E-state index contributed by atoms with van der Waals surface area (Å²) in [6.07, 6.45) is 1.60. The van der Waals surface area contributed by atoms with Crippen LogP contribution in [0, 0.1) is 6.92 Å². The maximum atomic E-state index is 5.57. The van der Waals surface area contributed by atoms with Crippen molar-refractivity contribution in [3.8, 4) is 5.88 Å². The first-order chi connectivity index (χ1) is 7.13. The minimum atomic E-state index is -0.0436. The first kappa shape index (κ1) is 11.7. The molecule has 5 nitrogen and oxygen atoms in total. The summed E-state index contributed by atoms with van der Waals surface area (Å²) in [5.41, 5.74) is 6.34. The predicted octanol–water partition coefficient (Wildman–Crippen LogP) is 1.17. The first-order valence-corrected chi connectivity index (χ1v) is 4.97. The average Bonchev–Trinajstić information content (AvgIpc) is 2.20. The van der Waals surface area contributed by atoms with E-state index in [1.807, 2.05) is 20.8 Å². The standard InChI is InChI=1S/C10H17N3O2/c1-4-14-6-8(3)15-9-7(2)5-12-10(11)13-9/h5,8H,4,6H2,1-3H3,(H2,11,12,13). The van der Waals surface area contributed by atoms with Crippen molar-refractivity contribution >= 4 is 5.95 Å². The molecule has 15 heavy (non-hydrogen) atoms. The smallest absolute Gasteiger partial charge is 0.223 e. The van der Waals surface area contributed by atoms with E-state index in [0.717, 1.165) is 5.56 Å². The molecule has 1 aromatic rings. The van der Waals surface area contributed by atoms with Crippen molar-refractivity contribution in [2.75, 3.05) is 18.9 Å². The lowest BCUT2D eigenvalue weighted by Gasteiger charge is -2.14. The van der Waals surface area contributed by atoms with Crippen LogP contribution >= 0.6 is 0 Å². The second kappa shape index (κ2) is 5.50. The summed E-state index contributed by atoms with van der Waals surface area (Å²) >= 11 is 0. The van der Waals surface area contributed by atoms with Gasteiger partial charge in [-0.3, -0.25) is 0 Å². The largest absolute Gasteiger partial charge is 0.472 e. The number of aromatic nitrogens is 2. The summed E-state index contributed by atoms with van der Waals surface area (Å²) in [7, 11) is 0. The Labute approximate surface area is 89.6 Å². The Bertz CT molecular complexity index is 318. The molecule has 1 heterocycles. The molecule has 0 saturated carbocycles. The summed E-state index contributed by atoms with van der Waals surface area (Å²) < 4.78 is 10.8. The van der Waals surface area contributed by atoms with Gasteiger partial charge in [0.1, 0.15) is 6.10 Å². The highest BCUT2D eigenvalue weighted by atomic mass is 16.5. The highest BCUT2D eigenvalue weighted by Gasteiger charge is 2.08. The molecule has 0 spiro atoms. The van der Waals surface area contributed by atoms with Gasteiger partial charge >= 0.3 is 0 Å². The van der Waals surface area contributed by atoms with Crippen LogP contribution in [0.1, 0.15) is 19.4 Å². The molecular weight excluding hydrogens is 194 g/mol. The van der Waals surface area contributed by atoms with Gasteiger partial charge in [0.05, 0.1) is 6.61 Å². The minimum Gasteiger partial charge on any atom is -0.472 e. The number of nitrogens with two attached hydrogens (primary N) is 1. The third-order valence-corrected chi connectivity index (χ3v) is 1.81. The Kier molecular flexibility index (Phi) is 4.30. The van der Waals surface area contributed by atoms with Crippen molar-refractivity contribution in [1.29, 1.82) is 0 Å². The van der Waals surface area contributed by atoms with Crippen LogP contribution in [-0.4, -0.2) is 29.3 Å². The Hall–Kier alpha value is -1.36. The fraction of sp³-hybridized carbons (Fsp3) is 0.600. The second-order valence-electron chi connectivity index (χ2n) is 3.30. The van der Waals surface area contributed by atoms with Gasteiger partial charge in [-0.2, -0.15) is 4.98 Å². The monoisotopic (exact) mass is 211 g/mol. The summed E-state index contributed by atoms with van der Waals surface area (Å²) in [4.78, 5) is 7.87. The lowest BCUT2D eigenvalue weighted by molar-refractivity contribution is 0.0630. The van der Waals surface area contributed by atoms with E-state index in [9.17, 15) is 0 Å².